The molecule has 0 spiro atoms. The predicted octanol–water partition coefficient (Wildman–Crippen LogP) is 4.15. The minimum Gasteiger partial charge on any atom is -0.406 e. The van der Waals surface area contributed by atoms with Crippen LogP contribution in [-0.2, 0) is 0 Å². The summed E-state index contributed by atoms with van der Waals surface area (Å²) in [7, 11) is 0. The molecule has 0 saturated carbocycles. The van der Waals surface area contributed by atoms with E-state index in [0.29, 0.717) is 18.4 Å². The average molecular weight is 274 g/mol. The molecule has 0 aliphatic heterocycles. The lowest BCUT2D eigenvalue weighted by molar-refractivity contribution is -0.274. The minimum absolute atomic E-state index is 0.258. The van der Waals surface area contributed by atoms with E-state index in [0.717, 1.165) is 0 Å². The first-order valence-electron chi connectivity index (χ1n) is 6.05. The minimum atomic E-state index is -4.68. The second kappa shape index (κ2) is 6.10. The van der Waals surface area contributed by atoms with E-state index in [1.165, 1.54) is 24.3 Å². The van der Waals surface area contributed by atoms with Crippen molar-refractivity contribution in [1.82, 2.24) is 0 Å². The van der Waals surface area contributed by atoms with Gasteiger partial charge in [0.25, 0.3) is 0 Å². The number of ether oxygens (including phenoxy) is 1. The average Bonchev–Trinajstić information content (AvgIpc) is 2.36. The topological polar surface area (TPSA) is 29.5 Å². The zero-order valence-corrected chi connectivity index (χ0v) is 10.9. The van der Waals surface area contributed by atoms with Gasteiger partial charge < -0.3 is 9.84 Å². The van der Waals surface area contributed by atoms with Gasteiger partial charge in [0.2, 0.25) is 0 Å². The molecule has 0 amide bonds. The van der Waals surface area contributed by atoms with Crippen LogP contribution in [0.15, 0.2) is 30.3 Å². The highest BCUT2D eigenvalue weighted by molar-refractivity contribution is 5.51. The van der Waals surface area contributed by atoms with Crippen molar-refractivity contribution in [2.24, 2.45) is 0 Å². The maximum absolute atomic E-state index is 12.0. The van der Waals surface area contributed by atoms with Gasteiger partial charge in [-0.15, -0.1) is 13.2 Å². The second-order valence-electron chi connectivity index (χ2n) is 4.26. The van der Waals surface area contributed by atoms with Crippen LogP contribution in [0.25, 0.3) is 6.08 Å². The molecule has 0 radical (unpaired) electrons. The molecule has 1 aromatic carbocycles. The van der Waals surface area contributed by atoms with Crippen LogP contribution in [0.4, 0.5) is 13.2 Å². The van der Waals surface area contributed by atoms with Gasteiger partial charge in [0.1, 0.15) is 5.75 Å². The third-order valence-electron chi connectivity index (χ3n) is 2.92. The molecule has 1 N–H and O–H groups in total. The van der Waals surface area contributed by atoms with Crippen molar-refractivity contribution in [2.45, 2.75) is 38.7 Å². The van der Waals surface area contributed by atoms with E-state index in [1.807, 2.05) is 13.8 Å². The zero-order valence-electron chi connectivity index (χ0n) is 10.9. The van der Waals surface area contributed by atoms with Crippen molar-refractivity contribution in [2.75, 3.05) is 0 Å². The molecule has 0 aliphatic carbocycles. The predicted molar refractivity (Wildman–Crippen MR) is 67.7 cm³/mol. The monoisotopic (exact) mass is 274 g/mol. The number of alkyl halides is 3. The van der Waals surface area contributed by atoms with E-state index >= 15 is 0 Å². The standard InChI is InChI=1S/C14H17F3O2/c1-3-13(18,4-2)10-9-11-5-7-12(8-6-11)19-14(15,16)17/h5-10,18H,3-4H2,1-2H3/b10-9+. The maximum atomic E-state index is 12.0. The number of halogens is 3. The molecule has 0 fully saturated rings. The lowest BCUT2D eigenvalue weighted by Gasteiger charge is -2.20. The molecule has 106 valence electrons. The van der Waals surface area contributed by atoms with Crippen LogP contribution in [0.5, 0.6) is 5.75 Å². The molecule has 0 aliphatic rings. The zero-order chi connectivity index (χ0) is 14.5. The smallest absolute Gasteiger partial charge is 0.406 e. The van der Waals surface area contributed by atoms with Gasteiger partial charge in [0, 0.05) is 0 Å². The highest BCUT2D eigenvalue weighted by atomic mass is 19.4. The number of benzene rings is 1. The number of hydrogen-bond donors (Lipinski definition) is 1. The van der Waals surface area contributed by atoms with Crippen LogP contribution in [-0.4, -0.2) is 17.1 Å². The lowest BCUT2D eigenvalue weighted by atomic mass is 9.96. The Balaban J connectivity index is 2.75. The molecule has 2 nitrogen and oxygen atoms in total. The molecule has 0 bridgehead atoms. The highest BCUT2D eigenvalue weighted by Gasteiger charge is 2.30. The third kappa shape index (κ3) is 5.34. The van der Waals surface area contributed by atoms with E-state index < -0.39 is 12.0 Å². The number of aliphatic hydroxyl groups is 1. The van der Waals surface area contributed by atoms with Crippen molar-refractivity contribution >= 4 is 6.08 Å². The van der Waals surface area contributed by atoms with Crippen molar-refractivity contribution in [1.29, 1.82) is 0 Å². The van der Waals surface area contributed by atoms with E-state index in [9.17, 15) is 18.3 Å². The van der Waals surface area contributed by atoms with Gasteiger partial charge in [-0.25, -0.2) is 0 Å². The van der Waals surface area contributed by atoms with Crippen molar-refractivity contribution in [3.05, 3.63) is 35.9 Å². The Bertz CT molecular complexity index is 417. The van der Waals surface area contributed by atoms with Gasteiger partial charge >= 0.3 is 6.36 Å². The second-order valence-corrected chi connectivity index (χ2v) is 4.26. The molecule has 1 rings (SSSR count). The molecule has 0 unspecified atom stereocenters. The van der Waals surface area contributed by atoms with Crippen molar-refractivity contribution < 1.29 is 23.0 Å². The Morgan fingerprint density at radius 2 is 1.63 bits per heavy atom. The van der Waals surface area contributed by atoms with E-state index in [2.05, 4.69) is 4.74 Å². The number of hydrogen-bond acceptors (Lipinski definition) is 2. The van der Waals surface area contributed by atoms with Crippen LogP contribution < -0.4 is 4.74 Å². The first-order valence-corrected chi connectivity index (χ1v) is 6.05. The van der Waals surface area contributed by atoms with Crippen LogP contribution in [0, 0.1) is 0 Å². The van der Waals surface area contributed by atoms with Gasteiger partial charge in [-0.1, -0.05) is 38.1 Å². The van der Waals surface area contributed by atoms with Gasteiger partial charge in [0.15, 0.2) is 0 Å². The summed E-state index contributed by atoms with van der Waals surface area (Å²) < 4.78 is 39.7. The summed E-state index contributed by atoms with van der Waals surface area (Å²) in [6.45, 7) is 3.74. The fraction of sp³-hybridized carbons (Fsp3) is 0.429. The molecule has 5 heteroatoms. The fourth-order valence-corrected chi connectivity index (χ4v) is 1.52. The molecule has 0 aromatic heterocycles. The summed E-state index contributed by atoms with van der Waals surface area (Å²) in [6.07, 6.45) is -0.177. The molecular formula is C14H17F3O2. The van der Waals surface area contributed by atoms with Gasteiger partial charge in [0.05, 0.1) is 5.60 Å². The molecule has 0 atom stereocenters. The Labute approximate surface area is 110 Å². The summed E-state index contributed by atoms with van der Waals surface area (Å²) in [4.78, 5) is 0. The lowest BCUT2D eigenvalue weighted by Crippen LogP contribution is -2.22. The van der Waals surface area contributed by atoms with E-state index in [1.54, 1.807) is 12.2 Å². The Kier molecular flexibility index (Phi) is 5.00. The van der Waals surface area contributed by atoms with Crippen LogP contribution in [0.3, 0.4) is 0 Å². The van der Waals surface area contributed by atoms with Crippen molar-refractivity contribution in [3.63, 3.8) is 0 Å². The normalized spacial score (nSPS) is 12.9. The SMILES string of the molecule is CCC(O)(/C=C/c1ccc(OC(F)(F)F)cc1)CC. The van der Waals surface area contributed by atoms with Gasteiger partial charge in [-0.05, 0) is 30.5 Å². The molecular weight excluding hydrogens is 257 g/mol. The van der Waals surface area contributed by atoms with Crippen LogP contribution in [0.2, 0.25) is 0 Å². The van der Waals surface area contributed by atoms with Crippen LogP contribution >= 0.6 is 0 Å². The molecule has 0 saturated heterocycles. The first-order chi connectivity index (χ1) is 8.78. The Morgan fingerprint density at radius 1 is 1.11 bits per heavy atom. The highest BCUT2D eigenvalue weighted by Crippen LogP contribution is 2.24. The Morgan fingerprint density at radius 3 is 2.05 bits per heavy atom. The summed E-state index contributed by atoms with van der Waals surface area (Å²) in [5.41, 5.74) is -0.170. The first kappa shape index (κ1) is 15.6. The summed E-state index contributed by atoms with van der Waals surface area (Å²) in [5.74, 6) is -0.258. The summed E-state index contributed by atoms with van der Waals surface area (Å²) >= 11 is 0. The molecule has 0 heterocycles. The van der Waals surface area contributed by atoms with E-state index in [-0.39, 0.29) is 5.75 Å². The number of rotatable bonds is 5. The molecule has 19 heavy (non-hydrogen) atoms. The molecule has 1 aromatic rings. The summed E-state index contributed by atoms with van der Waals surface area (Å²) in [6, 6.07) is 5.49. The van der Waals surface area contributed by atoms with Crippen LogP contribution in [0.1, 0.15) is 32.3 Å². The summed E-state index contributed by atoms with van der Waals surface area (Å²) in [5, 5.41) is 10.0. The Hall–Kier alpha value is -1.49. The fourth-order valence-electron chi connectivity index (χ4n) is 1.52. The maximum Gasteiger partial charge on any atom is 0.573 e. The van der Waals surface area contributed by atoms with Crippen molar-refractivity contribution in [3.8, 4) is 5.75 Å². The quantitative estimate of drug-likeness (QED) is 0.874. The van der Waals surface area contributed by atoms with E-state index in [4.69, 9.17) is 0 Å². The third-order valence-corrected chi connectivity index (χ3v) is 2.92. The van der Waals surface area contributed by atoms with Gasteiger partial charge in [-0.2, -0.15) is 0 Å². The van der Waals surface area contributed by atoms with Gasteiger partial charge in [-0.3, -0.25) is 0 Å². The largest absolute Gasteiger partial charge is 0.573 e.